The number of guanidine groups is 1. The molecule has 0 unspecified atom stereocenters. The SMILES string of the molecule is CCNC(=NCc1cc(CC)no1)NCC(C)(C)c1cccc(F)c1.I. The highest BCUT2D eigenvalue weighted by molar-refractivity contribution is 14.0. The van der Waals surface area contributed by atoms with Gasteiger partial charge in [0.25, 0.3) is 0 Å². The van der Waals surface area contributed by atoms with Crippen LogP contribution in [0, 0.1) is 5.82 Å². The van der Waals surface area contributed by atoms with Crippen LogP contribution in [0.1, 0.15) is 44.7 Å². The Morgan fingerprint density at radius 3 is 2.62 bits per heavy atom. The smallest absolute Gasteiger partial charge is 0.191 e. The summed E-state index contributed by atoms with van der Waals surface area (Å²) in [6.07, 6.45) is 0.841. The number of aromatic nitrogens is 1. The summed E-state index contributed by atoms with van der Waals surface area (Å²) in [5.41, 5.74) is 1.63. The average Bonchev–Trinajstić information content (AvgIpc) is 3.05. The van der Waals surface area contributed by atoms with Crippen LogP contribution in [0.15, 0.2) is 39.8 Å². The van der Waals surface area contributed by atoms with E-state index in [1.165, 1.54) is 6.07 Å². The zero-order chi connectivity index (χ0) is 18.3. The topological polar surface area (TPSA) is 62.5 Å². The maximum absolute atomic E-state index is 13.5. The summed E-state index contributed by atoms with van der Waals surface area (Å²) in [4.78, 5) is 4.53. The van der Waals surface area contributed by atoms with E-state index in [0.29, 0.717) is 19.0 Å². The lowest BCUT2D eigenvalue weighted by atomic mass is 9.84. The molecule has 0 amide bonds. The van der Waals surface area contributed by atoms with Crippen LogP contribution >= 0.6 is 24.0 Å². The molecule has 2 rings (SSSR count). The van der Waals surface area contributed by atoms with Crippen molar-refractivity contribution in [2.75, 3.05) is 13.1 Å². The summed E-state index contributed by atoms with van der Waals surface area (Å²) in [6.45, 7) is 9.98. The Balaban J connectivity index is 0.00000338. The third-order valence-electron chi connectivity index (χ3n) is 4.01. The number of hydrogen-bond acceptors (Lipinski definition) is 3. The second-order valence-electron chi connectivity index (χ2n) is 6.58. The summed E-state index contributed by atoms with van der Waals surface area (Å²) in [6, 6.07) is 8.63. The van der Waals surface area contributed by atoms with Crippen LogP contribution in [0.3, 0.4) is 0 Å². The summed E-state index contributed by atoms with van der Waals surface area (Å²) in [5, 5.41) is 10.5. The minimum atomic E-state index is -0.236. The molecule has 1 aromatic carbocycles. The molecule has 0 radical (unpaired) electrons. The fraction of sp³-hybridized carbons (Fsp3) is 0.474. The van der Waals surface area contributed by atoms with Gasteiger partial charge in [-0.25, -0.2) is 9.38 Å². The molecule has 144 valence electrons. The van der Waals surface area contributed by atoms with Crippen LogP contribution in [0.4, 0.5) is 4.39 Å². The molecule has 7 heteroatoms. The summed E-state index contributed by atoms with van der Waals surface area (Å²) >= 11 is 0. The van der Waals surface area contributed by atoms with Crippen molar-refractivity contribution in [3.05, 3.63) is 53.2 Å². The van der Waals surface area contributed by atoms with Crippen molar-refractivity contribution in [3.8, 4) is 0 Å². The molecule has 26 heavy (non-hydrogen) atoms. The van der Waals surface area contributed by atoms with Gasteiger partial charge in [-0.2, -0.15) is 0 Å². The number of aryl methyl sites for hydroxylation is 1. The maximum atomic E-state index is 13.5. The number of halogens is 2. The minimum absolute atomic E-state index is 0. The molecule has 1 aromatic heterocycles. The molecule has 0 bridgehead atoms. The third kappa shape index (κ3) is 6.59. The number of rotatable bonds is 7. The van der Waals surface area contributed by atoms with Crippen LogP contribution in [0.25, 0.3) is 0 Å². The lowest BCUT2D eigenvalue weighted by Crippen LogP contribution is -2.43. The lowest BCUT2D eigenvalue weighted by Gasteiger charge is -2.26. The quantitative estimate of drug-likeness (QED) is 0.362. The normalized spacial score (nSPS) is 11.8. The summed E-state index contributed by atoms with van der Waals surface area (Å²) < 4.78 is 18.7. The second-order valence-corrected chi connectivity index (χ2v) is 6.58. The van der Waals surface area contributed by atoms with E-state index in [2.05, 4.69) is 34.6 Å². The van der Waals surface area contributed by atoms with Crippen molar-refractivity contribution in [2.24, 2.45) is 4.99 Å². The van der Waals surface area contributed by atoms with E-state index >= 15 is 0 Å². The fourth-order valence-corrected chi connectivity index (χ4v) is 2.41. The van der Waals surface area contributed by atoms with Crippen LogP contribution in [0.5, 0.6) is 0 Å². The van der Waals surface area contributed by atoms with Crippen LogP contribution in [0.2, 0.25) is 0 Å². The highest BCUT2D eigenvalue weighted by Gasteiger charge is 2.21. The van der Waals surface area contributed by atoms with Crippen molar-refractivity contribution in [2.45, 2.75) is 46.1 Å². The van der Waals surface area contributed by atoms with Crippen molar-refractivity contribution in [1.82, 2.24) is 15.8 Å². The number of aliphatic imine (C=N–C) groups is 1. The molecule has 0 saturated heterocycles. The van der Waals surface area contributed by atoms with Gasteiger partial charge in [-0.3, -0.25) is 0 Å². The highest BCUT2D eigenvalue weighted by atomic mass is 127. The van der Waals surface area contributed by atoms with E-state index in [-0.39, 0.29) is 35.2 Å². The van der Waals surface area contributed by atoms with Gasteiger partial charge in [-0.1, -0.05) is 38.1 Å². The zero-order valence-electron chi connectivity index (χ0n) is 15.8. The standard InChI is InChI=1S/C19H27FN4O.HI/c1-5-16-11-17(25-24-16)12-22-18(21-6-2)23-13-19(3,4)14-8-7-9-15(20)10-14;/h7-11H,5-6,12-13H2,1-4H3,(H2,21,22,23);1H. The Morgan fingerprint density at radius 1 is 1.23 bits per heavy atom. The molecule has 2 aromatic rings. The van der Waals surface area contributed by atoms with Gasteiger partial charge >= 0.3 is 0 Å². The molecule has 0 aliphatic rings. The Morgan fingerprint density at radius 2 is 2.00 bits per heavy atom. The molecule has 5 nitrogen and oxygen atoms in total. The van der Waals surface area contributed by atoms with E-state index < -0.39 is 0 Å². The zero-order valence-corrected chi connectivity index (χ0v) is 18.1. The van der Waals surface area contributed by atoms with Crippen LogP contribution in [-0.2, 0) is 18.4 Å². The van der Waals surface area contributed by atoms with Gasteiger partial charge in [0.1, 0.15) is 12.4 Å². The molecular weight excluding hydrogens is 446 g/mol. The van der Waals surface area contributed by atoms with E-state index in [1.807, 2.05) is 26.0 Å². The fourth-order valence-electron chi connectivity index (χ4n) is 2.41. The molecule has 0 saturated carbocycles. The van der Waals surface area contributed by atoms with Crippen LogP contribution in [-0.4, -0.2) is 24.2 Å². The Labute approximate surface area is 171 Å². The van der Waals surface area contributed by atoms with Gasteiger partial charge in [0.15, 0.2) is 11.7 Å². The Hall–Kier alpha value is -1.64. The van der Waals surface area contributed by atoms with E-state index in [0.717, 1.165) is 30.0 Å². The minimum Gasteiger partial charge on any atom is -0.359 e. The number of nitrogens with zero attached hydrogens (tertiary/aromatic N) is 2. The third-order valence-corrected chi connectivity index (χ3v) is 4.01. The van der Waals surface area contributed by atoms with Gasteiger partial charge in [-0.15, -0.1) is 24.0 Å². The molecule has 0 atom stereocenters. The van der Waals surface area contributed by atoms with Gasteiger partial charge in [0.05, 0.1) is 5.69 Å². The molecular formula is C19H28FIN4O. The van der Waals surface area contributed by atoms with Crippen LogP contribution < -0.4 is 10.6 Å². The van der Waals surface area contributed by atoms with Gasteiger partial charge in [0, 0.05) is 24.6 Å². The summed E-state index contributed by atoms with van der Waals surface area (Å²) in [7, 11) is 0. The second kappa shape index (κ2) is 10.5. The molecule has 0 aliphatic carbocycles. The van der Waals surface area contributed by atoms with Gasteiger partial charge < -0.3 is 15.2 Å². The summed E-state index contributed by atoms with van der Waals surface area (Å²) in [5.74, 6) is 1.21. The molecule has 0 aliphatic heterocycles. The lowest BCUT2D eigenvalue weighted by molar-refractivity contribution is 0.379. The Bertz CT molecular complexity index is 715. The monoisotopic (exact) mass is 474 g/mol. The van der Waals surface area contributed by atoms with Gasteiger partial charge in [0.2, 0.25) is 0 Å². The number of nitrogens with one attached hydrogen (secondary N) is 2. The van der Waals surface area contributed by atoms with Gasteiger partial charge in [-0.05, 0) is 31.0 Å². The first-order chi connectivity index (χ1) is 11.9. The first-order valence-electron chi connectivity index (χ1n) is 8.67. The van der Waals surface area contributed by atoms with E-state index in [9.17, 15) is 4.39 Å². The predicted molar refractivity (Wildman–Crippen MR) is 114 cm³/mol. The van der Waals surface area contributed by atoms with E-state index in [4.69, 9.17) is 4.52 Å². The molecule has 0 fully saturated rings. The van der Waals surface area contributed by atoms with Crippen molar-refractivity contribution in [1.29, 1.82) is 0 Å². The Kier molecular flexibility index (Phi) is 9.04. The predicted octanol–water partition coefficient (Wildman–Crippen LogP) is 4.03. The van der Waals surface area contributed by atoms with Crippen molar-refractivity contribution < 1.29 is 8.91 Å². The van der Waals surface area contributed by atoms with E-state index in [1.54, 1.807) is 12.1 Å². The largest absolute Gasteiger partial charge is 0.359 e. The first-order valence-corrected chi connectivity index (χ1v) is 8.67. The molecule has 0 spiro atoms. The molecule has 2 N–H and O–H groups in total. The van der Waals surface area contributed by atoms with Crippen molar-refractivity contribution >= 4 is 29.9 Å². The average molecular weight is 474 g/mol. The molecule has 1 heterocycles. The first kappa shape index (κ1) is 22.4. The highest BCUT2D eigenvalue weighted by Crippen LogP contribution is 2.22. The number of benzene rings is 1. The maximum Gasteiger partial charge on any atom is 0.191 e. The van der Waals surface area contributed by atoms with Crippen molar-refractivity contribution in [3.63, 3.8) is 0 Å². The number of hydrogen-bond donors (Lipinski definition) is 2.